The summed E-state index contributed by atoms with van der Waals surface area (Å²) in [6.45, 7) is 0. The number of nitrogens with one attached hydrogen (secondary N) is 1. The van der Waals surface area contributed by atoms with Gasteiger partial charge in [0.1, 0.15) is 5.69 Å². The molecule has 1 aliphatic carbocycles. The molecule has 1 heterocycles. The average Bonchev–Trinajstić information content (AvgIpc) is 3.26. The fraction of sp³-hybridized carbons (Fsp3) is 0.412. The van der Waals surface area contributed by atoms with Gasteiger partial charge in [-0.25, -0.2) is 4.98 Å². The molecule has 1 aromatic carbocycles. The molecule has 6 heteroatoms. The third-order valence-corrected chi connectivity index (χ3v) is 5.09. The Balaban J connectivity index is 1.82. The van der Waals surface area contributed by atoms with E-state index in [0.717, 1.165) is 12.0 Å². The Hall–Kier alpha value is -2.08. The highest BCUT2D eigenvalue weighted by molar-refractivity contribution is 7.13. The lowest BCUT2D eigenvalue weighted by Gasteiger charge is -2.20. The Morgan fingerprint density at radius 2 is 2.22 bits per heavy atom. The second-order valence-corrected chi connectivity index (χ2v) is 6.85. The van der Waals surface area contributed by atoms with Crippen LogP contribution in [0.4, 0.5) is 10.8 Å². The van der Waals surface area contributed by atoms with Crippen molar-refractivity contribution in [3.05, 3.63) is 46.3 Å². The number of carbonyl (C=O) groups excluding carboxylic acids is 1. The molecule has 0 saturated heterocycles. The first kappa shape index (κ1) is 15.8. The van der Waals surface area contributed by atoms with Gasteiger partial charge < -0.3 is 5.32 Å². The van der Waals surface area contributed by atoms with Crippen molar-refractivity contribution in [3.63, 3.8) is 0 Å². The summed E-state index contributed by atoms with van der Waals surface area (Å²) in [5.41, 5.74) is 1.21. The van der Waals surface area contributed by atoms with E-state index in [2.05, 4.69) is 15.5 Å². The first-order valence-electron chi connectivity index (χ1n) is 7.90. The third-order valence-electron chi connectivity index (χ3n) is 4.40. The fourth-order valence-electron chi connectivity index (χ4n) is 3.25. The van der Waals surface area contributed by atoms with Crippen LogP contribution in [0.25, 0.3) is 0 Å². The molecule has 3 rings (SSSR count). The zero-order valence-corrected chi connectivity index (χ0v) is 13.6. The largest absolute Gasteiger partial charge is 0.301 e. The molecule has 1 N–H and O–H groups in total. The van der Waals surface area contributed by atoms with E-state index < -0.39 is 0 Å². The van der Waals surface area contributed by atoms with E-state index in [1.165, 1.54) is 37.0 Å². The molecule has 0 aliphatic heterocycles. The Labute approximate surface area is 139 Å². The number of carbonyl (C=O) groups is 1. The van der Waals surface area contributed by atoms with Crippen molar-refractivity contribution < 1.29 is 4.79 Å². The van der Waals surface area contributed by atoms with Crippen molar-refractivity contribution in [2.75, 3.05) is 5.32 Å². The summed E-state index contributed by atoms with van der Waals surface area (Å²) in [4.78, 5) is 27.7. The van der Waals surface area contributed by atoms with Crippen LogP contribution in [0, 0.1) is 10.8 Å². The van der Waals surface area contributed by atoms with Gasteiger partial charge in [0.05, 0.1) is 5.92 Å². The number of nitrogens with zero attached hydrogens (tertiary/aromatic N) is 2. The summed E-state index contributed by atoms with van der Waals surface area (Å²) in [5, 5.41) is 8.32. The SMILES string of the molecule is O=Nc1cccc(C(CC2CCCC2)C(=O)Nc2nccs2)c1. The molecule has 23 heavy (non-hydrogen) atoms. The number of thiazole rings is 1. The highest BCUT2D eigenvalue weighted by Crippen LogP contribution is 2.35. The van der Waals surface area contributed by atoms with Crippen LogP contribution >= 0.6 is 11.3 Å². The van der Waals surface area contributed by atoms with Gasteiger partial charge in [0.2, 0.25) is 5.91 Å². The molecule has 120 valence electrons. The monoisotopic (exact) mass is 329 g/mol. The summed E-state index contributed by atoms with van der Waals surface area (Å²) in [5.74, 6) is 0.230. The van der Waals surface area contributed by atoms with Gasteiger partial charge in [0, 0.05) is 11.6 Å². The minimum absolute atomic E-state index is 0.0603. The van der Waals surface area contributed by atoms with Gasteiger partial charge >= 0.3 is 0 Å². The predicted molar refractivity (Wildman–Crippen MR) is 92.0 cm³/mol. The summed E-state index contributed by atoms with van der Waals surface area (Å²) in [6.07, 6.45) is 7.30. The molecule has 1 aliphatic rings. The highest BCUT2D eigenvalue weighted by atomic mass is 32.1. The molecule has 1 saturated carbocycles. The number of nitroso groups, excluding NO2 is 1. The van der Waals surface area contributed by atoms with Crippen molar-refractivity contribution in [2.24, 2.45) is 11.1 Å². The fourth-order valence-corrected chi connectivity index (χ4v) is 3.78. The summed E-state index contributed by atoms with van der Waals surface area (Å²) < 4.78 is 0. The minimum Gasteiger partial charge on any atom is -0.301 e. The van der Waals surface area contributed by atoms with E-state index in [4.69, 9.17) is 0 Å². The van der Waals surface area contributed by atoms with Crippen LogP contribution in [-0.2, 0) is 4.79 Å². The molecule has 0 radical (unpaired) electrons. The van der Waals surface area contributed by atoms with E-state index in [1.807, 2.05) is 11.4 Å². The molecule has 0 bridgehead atoms. The smallest absolute Gasteiger partial charge is 0.233 e. The molecule has 0 spiro atoms. The summed E-state index contributed by atoms with van der Waals surface area (Å²) >= 11 is 1.40. The molecule has 1 aromatic heterocycles. The Bertz CT molecular complexity index is 666. The molecule has 1 fully saturated rings. The quantitative estimate of drug-likeness (QED) is 0.770. The molecular formula is C17H19N3O2S. The summed E-state index contributed by atoms with van der Waals surface area (Å²) in [6, 6.07) is 7.05. The zero-order valence-electron chi connectivity index (χ0n) is 12.8. The van der Waals surface area contributed by atoms with E-state index in [1.54, 1.807) is 24.4 Å². The number of benzene rings is 1. The van der Waals surface area contributed by atoms with Gasteiger partial charge in [-0.15, -0.1) is 16.2 Å². The van der Waals surface area contributed by atoms with Crippen molar-refractivity contribution in [1.82, 2.24) is 4.98 Å². The molecule has 2 aromatic rings. The first-order valence-corrected chi connectivity index (χ1v) is 8.78. The summed E-state index contributed by atoms with van der Waals surface area (Å²) in [7, 11) is 0. The number of aromatic nitrogens is 1. The van der Waals surface area contributed by atoms with Crippen LogP contribution < -0.4 is 5.32 Å². The molecule has 5 nitrogen and oxygen atoms in total. The number of hydrogen-bond acceptors (Lipinski definition) is 5. The molecule has 1 atom stereocenters. The number of hydrogen-bond donors (Lipinski definition) is 1. The van der Waals surface area contributed by atoms with Crippen molar-refractivity contribution in [2.45, 2.75) is 38.0 Å². The standard InChI is InChI=1S/C17H19N3O2S/c21-16(19-17-18-8-9-23-17)15(10-12-4-1-2-5-12)13-6-3-7-14(11-13)20-22/h3,6-9,11-12,15H,1-2,4-5,10H2,(H,18,19,21). The van der Waals surface area contributed by atoms with E-state index in [-0.39, 0.29) is 11.8 Å². The predicted octanol–water partition coefficient (Wildman–Crippen LogP) is 4.84. The number of anilines is 1. The Morgan fingerprint density at radius 3 is 2.91 bits per heavy atom. The third kappa shape index (κ3) is 4.01. The lowest BCUT2D eigenvalue weighted by atomic mass is 9.87. The normalized spacial score (nSPS) is 16.2. The van der Waals surface area contributed by atoms with E-state index in [0.29, 0.717) is 16.7 Å². The van der Waals surface area contributed by atoms with E-state index in [9.17, 15) is 9.70 Å². The van der Waals surface area contributed by atoms with Crippen molar-refractivity contribution in [3.8, 4) is 0 Å². The molecular weight excluding hydrogens is 310 g/mol. The average molecular weight is 329 g/mol. The van der Waals surface area contributed by atoms with E-state index >= 15 is 0 Å². The Kier molecular flexibility index (Phi) is 5.12. The van der Waals surface area contributed by atoms with Crippen molar-refractivity contribution >= 4 is 28.1 Å². The lowest BCUT2D eigenvalue weighted by Crippen LogP contribution is -2.23. The lowest BCUT2D eigenvalue weighted by molar-refractivity contribution is -0.118. The topological polar surface area (TPSA) is 71.4 Å². The van der Waals surface area contributed by atoms with Crippen LogP contribution in [0.2, 0.25) is 0 Å². The van der Waals surface area contributed by atoms with Gasteiger partial charge in [-0.2, -0.15) is 0 Å². The number of rotatable bonds is 6. The van der Waals surface area contributed by atoms with Gasteiger partial charge in [-0.3, -0.25) is 4.79 Å². The van der Waals surface area contributed by atoms with Crippen LogP contribution in [0.1, 0.15) is 43.6 Å². The van der Waals surface area contributed by atoms with Gasteiger partial charge in [-0.1, -0.05) is 37.8 Å². The van der Waals surface area contributed by atoms with Gasteiger partial charge in [0.25, 0.3) is 0 Å². The second kappa shape index (κ2) is 7.46. The minimum atomic E-state index is -0.274. The number of amides is 1. The van der Waals surface area contributed by atoms with Gasteiger partial charge in [-0.05, 0) is 35.2 Å². The zero-order chi connectivity index (χ0) is 16.1. The van der Waals surface area contributed by atoms with Crippen LogP contribution in [0.5, 0.6) is 0 Å². The first-order chi connectivity index (χ1) is 11.3. The maximum Gasteiger partial charge on any atom is 0.233 e. The van der Waals surface area contributed by atoms with Crippen molar-refractivity contribution in [1.29, 1.82) is 0 Å². The maximum absolute atomic E-state index is 12.7. The van der Waals surface area contributed by atoms with Crippen LogP contribution in [-0.4, -0.2) is 10.9 Å². The van der Waals surface area contributed by atoms with Crippen LogP contribution in [0.15, 0.2) is 41.0 Å². The molecule has 1 amide bonds. The second-order valence-electron chi connectivity index (χ2n) is 5.95. The Morgan fingerprint density at radius 1 is 1.39 bits per heavy atom. The van der Waals surface area contributed by atoms with Crippen LogP contribution in [0.3, 0.4) is 0 Å². The molecule has 1 unspecified atom stereocenters. The highest BCUT2D eigenvalue weighted by Gasteiger charge is 2.27. The van der Waals surface area contributed by atoms with Gasteiger partial charge in [0.15, 0.2) is 5.13 Å². The maximum atomic E-state index is 12.7.